The molecule has 116 valence electrons. The minimum atomic E-state index is 0.122. The van der Waals surface area contributed by atoms with Crippen LogP contribution in [0.3, 0.4) is 0 Å². The van der Waals surface area contributed by atoms with Crippen molar-refractivity contribution < 1.29 is 0 Å². The molecule has 0 saturated heterocycles. The Hall–Kier alpha value is -1.23. The zero-order valence-electron chi connectivity index (χ0n) is 13.3. The van der Waals surface area contributed by atoms with E-state index < -0.39 is 0 Å². The lowest BCUT2D eigenvalue weighted by Gasteiger charge is -2.30. The average Bonchev–Trinajstić information content (AvgIpc) is 2.50. The molecule has 1 aliphatic carbocycles. The molecule has 1 aromatic rings. The summed E-state index contributed by atoms with van der Waals surface area (Å²) >= 11 is 1.85. The number of pyridine rings is 1. The van der Waals surface area contributed by atoms with Crippen LogP contribution in [-0.2, 0) is 12.8 Å². The van der Waals surface area contributed by atoms with Gasteiger partial charge in [0.1, 0.15) is 11.7 Å². The summed E-state index contributed by atoms with van der Waals surface area (Å²) in [5, 5.41) is 7.89. The molecule has 0 amide bonds. The maximum atomic E-state index is 7.89. The molecule has 1 aromatic heterocycles. The molecule has 2 rings (SSSR count). The van der Waals surface area contributed by atoms with Crippen molar-refractivity contribution in [2.24, 2.45) is 5.73 Å². The highest BCUT2D eigenvalue weighted by molar-refractivity contribution is 7.98. The van der Waals surface area contributed by atoms with Crippen molar-refractivity contribution in [3.63, 3.8) is 0 Å². The van der Waals surface area contributed by atoms with Gasteiger partial charge in [0, 0.05) is 24.5 Å². The molecular formula is C16H26N4S. The first kappa shape index (κ1) is 16.1. The smallest absolute Gasteiger partial charge is 0.139 e. The van der Waals surface area contributed by atoms with Gasteiger partial charge in [-0.15, -0.1) is 0 Å². The maximum absolute atomic E-state index is 7.89. The molecular weight excluding hydrogens is 280 g/mol. The fourth-order valence-electron chi connectivity index (χ4n) is 2.96. The second-order valence-electron chi connectivity index (χ2n) is 5.71. The van der Waals surface area contributed by atoms with Gasteiger partial charge in [-0.25, -0.2) is 4.98 Å². The van der Waals surface area contributed by atoms with Crippen molar-refractivity contribution in [1.82, 2.24) is 4.98 Å². The first-order chi connectivity index (χ1) is 10.1. The minimum Gasteiger partial charge on any atom is -0.384 e. The quantitative estimate of drug-likeness (QED) is 0.626. The van der Waals surface area contributed by atoms with E-state index in [1.807, 2.05) is 11.8 Å². The van der Waals surface area contributed by atoms with Crippen LogP contribution in [0, 0.1) is 5.41 Å². The van der Waals surface area contributed by atoms with Crippen LogP contribution in [0.5, 0.6) is 0 Å². The van der Waals surface area contributed by atoms with Crippen LogP contribution in [0.15, 0.2) is 6.07 Å². The number of nitrogen functional groups attached to an aromatic ring is 1. The fraction of sp³-hybridized carbons (Fsp3) is 0.625. The van der Waals surface area contributed by atoms with Crippen molar-refractivity contribution >= 4 is 23.4 Å². The number of aromatic nitrogens is 1. The van der Waals surface area contributed by atoms with E-state index in [1.54, 1.807) is 0 Å². The highest BCUT2D eigenvalue weighted by Gasteiger charge is 2.22. The number of hydrogen-bond donors (Lipinski definition) is 2. The number of thioether (sulfide) groups is 1. The number of anilines is 1. The molecule has 4 nitrogen and oxygen atoms in total. The van der Waals surface area contributed by atoms with Gasteiger partial charge in [-0.2, -0.15) is 11.8 Å². The van der Waals surface area contributed by atoms with E-state index in [9.17, 15) is 0 Å². The average molecular weight is 306 g/mol. The minimum absolute atomic E-state index is 0.122. The van der Waals surface area contributed by atoms with Crippen molar-refractivity contribution in [3.05, 3.63) is 22.9 Å². The number of fused-ring (bicyclic) bond motifs is 1. The van der Waals surface area contributed by atoms with Gasteiger partial charge in [-0.05, 0) is 50.0 Å². The summed E-state index contributed by atoms with van der Waals surface area (Å²) in [5.41, 5.74) is 9.08. The fourth-order valence-corrected chi connectivity index (χ4v) is 3.80. The van der Waals surface area contributed by atoms with Crippen molar-refractivity contribution in [2.45, 2.75) is 45.1 Å². The van der Waals surface area contributed by atoms with Crippen LogP contribution in [0.1, 0.15) is 43.0 Å². The molecule has 1 heterocycles. The largest absolute Gasteiger partial charge is 0.384 e. The summed E-state index contributed by atoms with van der Waals surface area (Å²) in [5.74, 6) is 2.06. The molecule has 0 aliphatic heterocycles. The van der Waals surface area contributed by atoms with Crippen LogP contribution in [-0.4, -0.2) is 35.9 Å². The van der Waals surface area contributed by atoms with Gasteiger partial charge in [-0.1, -0.05) is 6.92 Å². The third-order valence-electron chi connectivity index (χ3n) is 4.28. The molecule has 0 spiro atoms. The first-order valence-electron chi connectivity index (χ1n) is 7.67. The highest BCUT2D eigenvalue weighted by Crippen LogP contribution is 2.28. The molecule has 1 unspecified atom stereocenters. The van der Waals surface area contributed by atoms with Crippen LogP contribution < -0.4 is 10.6 Å². The molecule has 3 N–H and O–H groups in total. The Morgan fingerprint density at radius 3 is 2.81 bits per heavy atom. The summed E-state index contributed by atoms with van der Waals surface area (Å²) in [6, 6.07) is 2.52. The molecule has 0 saturated carbocycles. The molecule has 1 aliphatic rings. The van der Waals surface area contributed by atoms with E-state index in [4.69, 9.17) is 16.1 Å². The van der Waals surface area contributed by atoms with E-state index >= 15 is 0 Å². The molecule has 21 heavy (non-hydrogen) atoms. The van der Waals surface area contributed by atoms with E-state index in [0.29, 0.717) is 6.04 Å². The summed E-state index contributed by atoms with van der Waals surface area (Å²) in [7, 11) is 2.08. The van der Waals surface area contributed by atoms with E-state index in [0.717, 1.165) is 36.4 Å². The Kier molecular flexibility index (Phi) is 5.51. The third-order valence-corrected chi connectivity index (χ3v) is 5.00. The van der Waals surface area contributed by atoms with Gasteiger partial charge in [-0.3, -0.25) is 5.41 Å². The summed E-state index contributed by atoms with van der Waals surface area (Å²) in [6.45, 7) is 2.20. The van der Waals surface area contributed by atoms with Gasteiger partial charge in [0.15, 0.2) is 0 Å². The van der Waals surface area contributed by atoms with Crippen molar-refractivity contribution in [1.29, 1.82) is 5.41 Å². The van der Waals surface area contributed by atoms with E-state index in [1.165, 1.54) is 24.1 Å². The van der Waals surface area contributed by atoms with Gasteiger partial charge in [0.25, 0.3) is 0 Å². The lowest BCUT2D eigenvalue weighted by molar-refractivity contribution is 0.645. The number of aryl methyl sites for hydroxylation is 2. The van der Waals surface area contributed by atoms with Crippen LogP contribution in [0.4, 0.5) is 5.82 Å². The maximum Gasteiger partial charge on any atom is 0.139 e. The van der Waals surface area contributed by atoms with Gasteiger partial charge in [0.2, 0.25) is 0 Å². The normalized spacial score (nSPS) is 15.4. The number of nitrogens with two attached hydrogens (primary N) is 1. The Balaban J connectivity index is 2.42. The third kappa shape index (κ3) is 3.51. The molecule has 0 aromatic carbocycles. The van der Waals surface area contributed by atoms with Crippen molar-refractivity contribution in [3.8, 4) is 0 Å². The first-order valence-corrected chi connectivity index (χ1v) is 9.06. The predicted molar refractivity (Wildman–Crippen MR) is 92.8 cm³/mol. The molecule has 0 fully saturated rings. The summed E-state index contributed by atoms with van der Waals surface area (Å²) in [6.07, 6.45) is 7.73. The van der Waals surface area contributed by atoms with Gasteiger partial charge in [0.05, 0.1) is 5.56 Å². The molecule has 5 heteroatoms. The second kappa shape index (κ2) is 7.16. The lowest BCUT2D eigenvalue weighted by atomic mass is 9.94. The van der Waals surface area contributed by atoms with Crippen LogP contribution in [0.2, 0.25) is 0 Å². The Morgan fingerprint density at radius 2 is 2.19 bits per heavy atom. The zero-order chi connectivity index (χ0) is 15.4. The van der Waals surface area contributed by atoms with Crippen molar-refractivity contribution in [2.75, 3.05) is 24.0 Å². The molecule has 0 bridgehead atoms. The topological polar surface area (TPSA) is 66.0 Å². The predicted octanol–water partition coefficient (Wildman–Crippen LogP) is 2.82. The van der Waals surface area contributed by atoms with Crippen LogP contribution >= 0.6 is 11.8 Å². The Morgan fingerprint density at radius 1 is 1.48 bits per heavy atom. The van der Waals surface area contributed by atoms with Crippen LogP contribution in [0.25, 0.3) is 0 Å². The number of nitrogens with one attached hydrogen (secondary N) is 1. The Labute approximate surface area is 132 Å². The van der Waals surface area contributed by atoms with Gasteiger partial charge >= 0.3 is 0 Å². The molecule has 1 atom stereocenters. The monoisotopic (exact) mass is 306 g/mol. The van der Waals surface area contributed by atoms with E-state index in [-0.39, 0.29) is 5.84 Å². The highest BCUT2D eigenvalue weighted by atomic mass is 32.2. The number of nitrogens with zero attached hydrogens (tertiary/aromatic N) is 2. The van der Waals surface area contributed by atoms with E-state index in [2.05, 4.69) is 31.2 Å². The zero-order valence-corrected chi connectivity index (χ0v) is 14.1. The second-order valence-corrected chi connectivity index (χ2v) is 6.63. The standard InChI is InChI=1S/C16H26N4S/c1-4-12(10-21-3)20(2)16-13(15(17)18)9-11-7-5-6-8-14(11)19-16/h9,12H,4-8,10H2,1-3H3,(H3,17,18). The number of rotatable bonds is 6. The van der Waals surface area contributed by atoms with Gasteiger partial charge < -0.3 is 10.6 Å². The number of amidine groups is 1. The molecule has 0 radical (unpaired) electrons. The number of hydrogen-bond acceptors (Lipinski definition) is 4. The SMILES string of the molecule is CCC(CSC)N(C)c1nc2c(cc1C(=N)N)CCCC2. The summed E-state index contributed by atoms with van der Waals surface area (Å²) < 4.78 is 0. The summed E-state index contributed by atoms with van der Waals surface area (Å²) in [4.78, 5) is 7.09. The lowest BCUT2D eigenvalue weighted by Crippen LogP contribution is -2.36. The Bertz CT molecular complexity index is 515.